The third kappa shape index (κ3) is 7.49. The first-order valence-corrected chi connectivity index (χ1v) is 14.7. The molecule has 4 aromatic rings. The Bertz CT molecular complexity index is 1780. The van der Waals surface area contributed by atoms with Gasteiger partial charge in [-0.1, -0.05) is 0 Å². The van der Waals surface area contributed by atoms with Crippen LogP contribution in [0.3, 0.4) is 0 Å². The van der Waals surface area contributed by atoms with Gasteiger partial charge in [0.25, 0.3) is 5.91 Å². The van der Waals surface area contributed by atoms with Gasteiger partial charge >= 0.3 is 6.18 Å². The Hall–Kier alpha value is -5.11. The standard InChI is InChI=1S/C33H31F4N5O5/c1-3-46-30-21(14-28(38)43)13-27(42-29(30)19-4-7-22(34)8-5-19)32(45,33(35,36)37)17-41-31(44)20-6-11-26(47-23-9-10-23)24(12-20)25-16-39-18(2)15-40-25/h4-8,11-13,15-16,23,45H,3,9-10,14,17H2,1-2H3,(H2,38,43)(H,41,44)/t32-/m0/s1. The molecule has 1 aliphatic rings. The van der Waals surface area contributed by atoms with Gasteiger partial charge in [-0.05, 0) is 75.2 Å². The maximum Gasteiger partial charge on any atom is 0.424 e. The summed E-state index contributed by atoms with van der Waals surface area (Å²) >= 11 is 0. The number of carbonyl (C=O) groups excluding carboxylic acids is 2. The van der Waals surface area contributed by atoms with E-state index in [9.17, 15) is 32.3 Å². The number of hydrogen-bond acceptors (Lipinski definition) is 8. The molecular weight excluding hydrogens is 622 g/mol. The lowest BCUT2D eigenvalue weighted by Gasteiger charge is -2.31. The van der Waals surface area contributed by atoms with E-state index < -0.39 is 48.1 Å². The van der Waals surface area contributed by atoms with Gasteiger partial charge in [-0.25, -0.2) is 9.37 Å². The van der Waals surface area contributed by atoms with Crippen molar-refractivity contribution in [2.24, 2.45) is 5.73 Å². The van der Waals surface area contributed by atoms with E-state index in [2.05, 4.69) is 20.3 Å². The number of amides is 2. The molecule has 5 rings (SSSR count). The van der Waals surface area contributed by atoms with Crippen LogP contribution in [0.4, 0.5) is 17.6 Å². The number of nitrogens with two attached hydrogens (primary N) is 1. The summed E-state index contributed by atoms with van der Waals surface area (Å²) in [6.45, 7) is 2.05. The van der Waals surface area contributed by atoms with Crippen LogP contribution in [0.1, 0.15) is 47.1 Å². The highest BCUT2D eigenvalue weighted by atomic mass is 19.4. The maximum absolute atomic E-state index is 14.7. The van der Waals surface area contributed by atoms with Crippen molar-refractivity contribution in [3.8, 4) is 34.0 Å². The van der Waals surface area contributed by atoms with Gasteiger partial charge in [0, 0.05) is 28.5 Å². The van der Waals surface area contributed by atoms with E-state index in [-0.39, 0.29) is 40.8 Å². The zero-order valence-electron chi connectivity index (χ0n) is 25.4. The Morgan fingerprint density at radius 1 is 1.06 bits per heavy atom. The summed E-state index contributed by atoms with van der Waals surface area (Å²) in [4.78, 5) is 37.9. The van der Waals surface area contributed by atoms with Crippen molar-refractivity contribution in [3.05, 3.63) is 89.3 Å². The van der Waals surface area contributed by atoms with Gasteiger partial charge in [-0.2, -0.15) is 13.2 Å². The SMILES string of the molecule is CCOc1c(CC(N)=O)cc([C@@](O)(CNC(=O)c2ccc(OC3CC3)c(-c3cnc(C)cn3)c2)C(F)(F)F)nc1-c1ccc(F)cc1. The van der Waals surface area contributed by atoms with E-state index in [1.807, 2.05) is 0 Å². The van der Waals surface area contributed by atoms with Crippen LogP contribution in [0.2, 0.25) is 0 Å². The number of aromatic nitrogens is 3. The zero-order chi connectivity index (χ0) is 33.9. The number of nitrogens with one attached hydrogen (secondary N) is 1. The van der Waals surface area contributed by atoms with Crippen molar-refractivity contribution < 1.29 is 41.7 Å². The molecule has 2 amide bonds. The molecule has 0 spiro atoms. The highest BCUT2D eigenvalue weighted by molar-refractivity contribution is 5.96. The van der Waals surface area contributed by atoms with Crippen LogP contribution in [-0.2, 0) is 16.8 Å². The van der Waals surface area contributed by atoms with Crippen LogP contribution in [-0.4, -0.2) is 57.3 Å². The predicted octanol–water partition coefficient (Wildman–Crippen LogP) is 4.80. The van der Waals surface area contributed by atoms with E-state index in [4.69, 9.17) is 15.2 Å². The van der Waals surface area contributed by atoms with Crippen LogP contribution >= 0.6 is 0 Å². The first kappa shape index (κ1) is 33.3. The number of ether oxygens (including phenoxy) is 2. The molecule has 10 nitrogen and oxygen atoms in total. The fraction of sp³-hybridized carbons (Fsp3) is 0.303. The number of primary amides is 1. The van der Waals surface area contributed by atoms with Crippen LogP contribution in [0.25, 0.3) is 22.5 Å². The Morgan fingerprint density at radius 2 is 1.79 bits per heavy atom. The number of carbonyl (C=O) groups is 2. The second-order valence-corrected chi connectivity index (χ2v) is 11.0. The van der Waals surface area contributed by atoms with Gasteiger partial charge in [0.2, 0.25) is 11.5 Å². The summed E-state index contributed by atoms with van der Waals surface area (Å²) in [5, 5.41) is 13.4. The third-order valence-electron chi connectivity index (χ3n) is 7.34. The molecule has 2 aromatic carbocycles. The van der Waals surface area contributed by atoms with E-state index in [0.717, 1.165) is 31.0 Å². The molecule has 1 saturated carbocycles. The lowest BCUT2D eigenvalue weighted by molar-refractivity contribution is -0.265. The molecule has 0 aliphatic heterocycles. The number of nitrogens with zero attached hydrogens (tertiary/aromatic N) is 3. The molecule has 14 heteroatoms. The highest BCUT2D eigenvalue weighted by Gasteiger charge is 2.56. The molecule has 1 aliphatic carbocycles. The van der Waals surface area contributed by atoms with Gasteiger partial charge in [0.15, 0.2) is 0 Å². The minimum atomic E-state index is -5.37. The Labute approximate surface area is 267 Å². The van der Waals surface area contributed by atoms with Crippen LogP contribution in [0.15, 0.2) is 60.9 Å². The number of aliphatic hydroxyl groups is 1. The van der Waals surface area contributed by atoms with E-state index in [1.165, 1.54) is 42.7 Å². The number of aryl methyl sites for hydroxylation is 1. The second-order valence-electron chi connectivity index (χ2n) is 11.0. The van der Waals surface area contributed by atoms with E-state index >= 15 is 0 Å². The number of hydrogen-bond donors (Lipinski definition) is 3. The largest absolute Gasteiger partial charge is 0.491 e. The topological polar surface area (TPSA) is 150 Å². The Kier molecular flexibility index (Phi) is 9.43. The van der Waals surface area contributed by atoms with E-state index in [0.29, 0.717) is 22.7 Å². The van der Waals surface area contributed by atoms with Gasteiger partial charge < -0.3 is 25.6 Å². The molecule has 0 unspecified atom stereocenters. The van der Waals surface area contributed by atoms with E-state index in [1.54, 1.807) is 13.8 Å². The minimum Gasteiger partial charge on any atom is -0.491 e. The van der Waals surface area contributed by atoms with Crippen molar-refractivity contribution >= 4 is 11.8 Å². The van der Waals surface area contributed by atoms with Crippen molar-refractivity contribution in [1.29, 1.82) is 0 Å². The molecule has 1 fully saturated rings. The summed E-state index contributed by atoms with van der Waals surface area (Å²) in [5.74, 6) is -2.06. The van der Waals surface area contributed by atoms with Crippen LogP contribution in [0.5, 0.6) is 11.5 Å². The monoisotopic (exact) mass is 653 g/mol. The lowest BCUT2D eigenvalue weighted by atomic mass is 9.93. The molecule has 2 aromatic heterocycles. The summed E-state index contributed by atoms with van der Waals surface area (Å²) in [7, 11) is 0. The molecule has 0 bridgehead atoms. The molecule has 1 atom stereocenters. The lowest BCUT2D eigenvalue weighted by Crippen LogP contribution is -2.51. The smallest absolute Gasteiger partial charge is 0.424 e. The molecule has 0 radical (unpaired) electrons. The van der Waals surface area contributed by atoms with Gasteiger partial charge in [-0.15, -0.1) is 0 Å². The molecule has 4 N–H and O–H groups in total. The average molecular weight is 654 g/mol. The highest BCUT2D eigenvalue weighted by Crippen LogP contribution is 2.42. The molecular formula is C33H31F4N5O5. The van der Waals surface area contributed by atoms with Crippen LogP contribution < -0.4 is 20.5 Å². The third-order valence-corrected chi connectivity index (χ3v) is 7.34. The minimum absolute atomic E-state index is 0.00879. The quantitative estimate of drug-likeness (QED) is 0.185. The van der Waals surface area contributed by atoms with Crippen molar-refractivity contribution in [1.82, 2.24) is 20.3 Å². The first-order chi connectivity index (χ1) is 22.3. The second kappa shape index (κ2) is 13.3. The van der Waals surface area contributed by atoms with Gasteiger partial charge in [-0.3, -0.25) is 19.6 Å². The molecule has 47 heavy (non-hydrogen) atoms. The van der Waals surface area contributed by atoms with Gasteiger partial charge in [0.05, 0.1) is 49.0 Å². The number of benzene rings is 2. The van der Waals surface area contributed by atoms with Gasteiger partial charge in [0.1, 0.15) is 23.0 Å². The number of halogens is 4. The summed E-state index contributed by atoms with van der Waals surface area (Å²) in [6.07, 6.45) is -1.16. The Balaban J connectivity index is 1.52. The van der Waals surface area contributed by atoms with Crippen molar-refractivity contribution in [2.45, 2.75) is 51.0 Å². The van der Waals surface area contributed by atoms with Crippen LogP contribution in [0, 0.1) is 12.7 Å². The predicted molar refractivity (Wildman–Crippen MR) is 162 cm³/mol. The maximum atomic E-state index is 14.7. The molecule has 246 valence electrons. The first-order valence-electron chi connectivity index (χ1n) is 14.7. The summed E-state index contributed by atoms with van der Waals surface area (Å²) < 4.78 is 69.5. The molecule has 2 heterocycles. The number of rotatable bonds is 12. The summed E-state index contributed by atoms with van der Waals surface area (Å²) in [6, 6.07) is 9.86. The average Bonchev–Trinajstić information content (AvgIpc) is 3.85. The zero-order valence-corrected chi connectivity index (χ0v) is 25.4. The molecule has 0 saturated heterocycles. The number of pyridine rings is 1. The number of alkyl halides is 3. The fourth-order valence-electron chi connectivity index (χ4n) is 4.74. The summed E-state index contributed by atoms with van der Waals surface area (Å²) in [5.41, 5.74) is 2.00. The normalized spacial score (nSPS) is 14.3. The Morgan fingerprint density at radius 3 is 2.38 bits per heavy atom. The fourth-order valence-corrected chi connectivity index (χ4v) is 4.74. The van der Waals surface area contributed by atoms with Crippen molar-refractivity contribution in [2.75, 3.05) is 13.2 Å². The van der Waals surface area contributed by atoms with Crippen molar-refractivity contribution in [3.63, 3.8) is 0 Å².